The van der Waals surface area contributed by atoms with Gasteiger partial charge in [0.2, 0.25) is 0 Å². The van der Waals surface area contributed by atoms with E-state index in [9.17, 15) is 14.3 Å². The van der Waals surface area contributed by atoms with Gasteiger partial charge in [0.15, 0.2) is 0 Å². The third kappa shape index (κ3) is 2.89. The van der Waals surface area contributed by atoms with Gasteiger partial charge in [0, 0.05) is 49.5 Å². The molecule has 0 aliphatic carbocycles. The van der Waals surface area contributed by atoms with Crippen LogP contribution < -0.4 is 4.90 Å². The molecule has 7 nitrogen and oxygen atoms in total. The number of amides is 1. The lowest BCUT2D eigenvalue weighted by Gasteiger charge is -2.40. The molecule has 3 saturated heterocycles. The van der Waals surface area contributed by atoms with Gasteiger partial charge in [-0.15, -0.1) is 0 Å². The van der Waals surface area contributed by atoms with Gasteiger partial charge >= 0.3 is 0 Å². The molecular weight excluding hydrogens is 375 g/mol. The molecule has 4 atom stereocenters. The minimum absolute atomic E-state index is 0.00636. The fraction of sp³-hybridized carbons (Fsp3) is 0.476. The number of aromatic nitrogens is 2. The molecule has 2 bridgehead atoms. The average molecular weight is 398 g/mol. The maximum atomic E-state index is 13.8. The van der Waals surface area contributed by atoms with Crippen molar-refractivity contribution in [3.8, 4) is 0 Å². The number of nitrogens with zero attached hydrogens (tertiary/aromatic N) is 4. The summed E-state index contributed by atoms with van der Waals surface area (Å²) in [6, 6.07) is 4.29. The largest absolute Gasteiger partial charge is 0.396 e. The van der Waals surface area contributed by atoms with Crippen LogP contribution in [0.4, 0.5) is 10.2 Å². The summed E-state index contributed by atoms with van der Waals surface area (Å²) in [6.07, 6.45) is 4.77. The van der Waals surface area contributed by atoms with E-state index in [1.165, 1.54) is 12.1 Å². The number of rotatable bonds is 3. The van der Waals surface area contributed by atoms with E-state index in [0.29, 0.717) is 31.7 Å². The van der Waals surface area contributed by atoms with Crippen LogP contribution >= 0.6 is 0 Å². The molecule has 1 spiro atoms. The molecule has 2 aromatic rings. The Hall–Kier alpha value is -2.58. The fourth-order valence-electron chi connectivity index (χ4n) is 5.21. The van der Waals surface area contributed by atoms with Crippen molar-refractivity contribution in [3.63, 3.8) is 0 Å². The zero-order valence-corrected chi connectivity index (χ0v) is 16.2. The molecule has 0 unspecified atom stereocenters. The van der Waals surface area contributed by atoms with Crippen LogP contribution in [0.1, 0.15) is 15.9 Å². The Balaban J connectivity index is 1.45. The van der Waals surface area contributed by atoms with Crippen molar-refractivity contribution >= 4 is 11.7 Å². The number of aliphatic hydroxyl groups excluding tert-OH is 1. The van der Waals surface area contributed by atoms with Crippen molar-refractivity contribution in [2.24, 2.45) is 11.8 Å². The van der Waals surface area contributed by atoms with Crippen molar-refractivity contribution in [3.05, 3.63) is 53.7 Å². The van der Waals surface area contributed by atoms with E-state index < -0.39 is 11.4 Å². The minimum atomic E-state index is -0.565. The molecule has 3 fully saturated rings. The first-order chi connectivity index (χ1) is 14.0. The van der Waals surface area contributed by atoms with Crippen LogP contribution in [0, 0.1) is 24.6 Å². The molecular formula is C21H23FN4O3. The van der Waals surface area contributed by atoms with Crippen molar-refractivity contribution < 1.29 is 19.0 Å². The minimum Gasteiger partial charge on any atom is -0.396 e. The Morgan fingerprint density at radius 1 is 1.34 bits per heavy atom. The number of fused-ring (bicyclic) bond motifs is 1. The average Bonchev–Trinajstić information content (AvgIpc) is 3.17. The summed E-state index contributed by atoms with van der Waals surface area (Å²) in [5.41, 5.74) is 0.559. The van der Waals surface area contributed by atoms with E-state index >= 15 is 0 Å². The monoisotopic (exact) mass is 398 g/mol. The Kier molecular flexibility index (Phi) is 4.29. The summed E-state index contributed by atoms with van der Waals surface area (Å²) in [5, 5.41) is 10.1. The predicted molar refractivity (Wildman–Crippen MR) is 103 cm³/mol. The van der Waals surface area contributed by atoms with Gasteiger partial charge in [0.25, 0.3) is 5.91 Å². The first-order valence-corrected chi connectivity index (χ1v) is 9.86. The van der Waals surface area contributed by atoms with E-state index in [-0.39, 0.29) is 30.5 Å². The van der Waals surface area contributed by atoms with E-state index in [0.717, 1.165) is 11.4 Å². The van der Waals surface area contributed by atoms with Gasteiger partial charge in [0.05, 0.1) is 25.4 Å². The van der Waals surface area contributed by atoms with Crippen LogP contribution in [0.2, 0.25) is 0 Å². The van der Waals surface area contributed by atoms with Crippen LogP contribution in [0.3, 0.4) is 0 Å². The standard InChI is InChI=1S/C21H23FN4O3/c1-13-2-3-14(22)6-15(13)20(28)26-9-18-16(10-27)17-8-25(11-21(17,12-26)29-18)19-7-23-4-5-24-19/h2-7,16-18,27H,8-12H2,1H3/t16-,17+,18+,21-/m0/s1. The lowest BCUT2D eigenvalue weighted by molar-refractivity contribution is -0.100. The second-order valence-corrected chi connectivity index (χ2v) is 8.26. The molecule has 152 valence electrons. The molecule has 8 heteroatoms. The van der Waals surface area contributed by atoms with Crippen molar-refractivity contribution in [1.29, 1.82) is 0 Å². The number of benzene rings is 1. The number of anilines is 1. The Labute approximate surface area is 168 Å². The smallest absolute Gasteiger partial charge is 0.254 e. The molecule has 5 rings (SSSR count). The third-order valence-electron chi connectivity index (χ3n) is 6.59. The lowest BCUT2D eigenvalue weighted by Crippen LogP contribution is -2.55. The molecule has 1 aromatic carbocycles. The number of morpholine rings is 1. The van der Waals surface area contributed by atoms with Crippen LogP contribution in [0.15, 0.2) is 36.8 Å². The highest BCUT2D eigenvalue weighted by Crippen LogP contribution is 2.49. The van der Waals surface area contributed by atoms with Gasteiger partial charge in [-0.3, -0.25) is 9.78 Å². The Morgan fingerprint density at radius 2 is 2.21 bits per heavy atom. The summed E-state index contributed by atoms with van der Waals surface area (Å²) in [4.78, 5) is 25.6. The Morgan fingerprint density at radius 3 is 2.97 bits per heavy atom. The second-order valence-electron chi connectivity index (χ2n) is 8.26. The van der Waals surface area contributed by atoms with E-state index in [2.05, 4.69) is 14.9 Å². The Bertz CT molecular complexity index is 943. The molecule has 3 aliphatic rings. The molecule has 1 amide bonds. The summed E-state index contributed by atoms with van der Waals surface area (Å²) >= 11 is 0. The number of halogens is 1. The molecule has 0 saturated carbocycles. The van der Waals surface area contributed by atoms with E-state index in [1.54, 1.807) is 29.6 Å². The first kappa shape index (κ1) is 18.4. The van der Waals surface area contributed by atoms with Gasteiger partial charge in [-0.05, 0) is 24.6 Å². The number of likely N-dealkylation sites (tertiary alicyclic amines) is 1. The van der Waals surface area contributed by atoms with E-state index in [4.69, 9.17) is 4.74 Å². The zero-order chi connectivity index (χ0) is 20.2. The fourth-order valence-corrected chi connectivity index (χ4v) is 5.21. The van der Waals surface area contributed by atoms with Crippen molar-refractivity contribution in [2.75, 3.05) is 37.7 Å². The van der Waals surface area contributed by atoms with Gasteiger partial charge in [0.1, 0.15) is 17.2 Å². The van der Waals surface area contributed by atoms with Gasteiger partial charge in [-0.2, -0.15) is 0 Å². The molecule has 3 aliphatic heterocycles. The predicted octanol–water partition coefficient (Wildman–Crippen LogP) is 1.26. The van der Waals surface area contributed by atoms with Crippen molar-refractivity contribution in [1.82, 2.24) is 14.9 Å². The first-order valence-electron chi connectivity index (χ1n) is 9.86. The number of hydrogen-bond donors (Lipinski definition) is 1. The maximum absolute atomic E-state index is 13.8. The summed E-state index contributed by atoms with van der Waals surface area (Å²) in [6.45, 7) is 3.91. The van der Waals surface area contributed by atoms with Gasteiger partial charge < -0.3 is 19.6 Å². The number of aliphatic hydroxyl groups is 1. The van der Waals surface area contributed by atoms with Crippen LogP contribution in [0.25, 0.3) is 0 Å². The highest BCUT2D eigenvalue weighted by molar-refractivity contribution is 5.95. The number of ether oxygens (including phenoxy) is 1. The highest BCUT2D eigenvalue weighted by Gasteiger charge is 2.63. The molecule has 0 radical (unpaired) electrons. The van der Waals surface area contributed by atoms with Crippen LogP contribution in [-0.4, -0.2) is 70.4 Å². The zero-order valence-electron chi connectivity index (χ0n) is 16.2. The molecule has 29 heavy (non-hydrogen) atoms. The van der Waals surface area contributed by atoms with Crippen molar-refractivity contribution in [2.45, 2.75) is 18.6 Å². The number of aryl methyl sites for hydroxylation is 1. The quantitative estimate of drug-likeness (QED) is 0.839. The number of carbonyl (C=O) groups excluding carboxylic acids is 1. The summed E-state index contributed by atoms with van der Waals surface area (Å²) < 4.78 is 20.2. The van der Waals surface area contributed by atoms with Gasteiger partial charge in [-0.1, -0.05) is 6.07 Å². The number of carbonyl (C=O) groups is 1. The van der Waals surface area contributed by atoms with Crippen LogP contribution in [0.5, 0.6) is 0 Å². The summed E-state index contributed by atoms with van der Waals surface area (Å²) in [5.74, 6) is 0.186. The molecule has 1 N–H and O–H groups in total. The van der Waals surface area contributed by atoms with E-state index in [1.807, 2.05) is 6.92 Å². The molecule has 1 aromatic heterocycles. The topological polar surface area (TPSA) is 78.8 Å². The summed E-state index contributed by atoms with van der Waals surface area (Å²) in [7, 11) is 0. The van der Waals surface area contributed by atoms with Gasteiger partial charge in [-0.25, -0.2) is 9.37 Å². The SMILES string of the molecule is Cc1ccc(F)cc1C(=O)N1C[C@H]2O[C@]3(C1)CN(c1cnccn1)C[C@@H]3[C@@H]2CO. The number of hydrogen-bond acceptors (Lipinski definition) is 6. The second kappa shape index (κ2) is 6.74. The maximum Gasteiger partial charge on any atom is 0.254 e. The highest BCUT2D eigenvalue weighted by atomic mass is 19.1. The normalized spacial score (nSPS) is 30.5. The molecule has 4 heterocycles. The lowest BCUT2D eigenvalue weighted by atomic mass is 9.83. The van der Waals surface area contributed by atoms with Crippen LogP contribution in [-0.2, 0) is 4.74 Å². The third-order valence-corrected chi connectivity index (χ3v) is 6.59.